The molecular weight excluding hydrogens is 280 g/mol. The molecule has 0 atom stereocenters. The van der Waals surface area contributed by atoms with Gasteiger partial charge in [-0.15, -0.1) is 0 Å². The van der Waals surface area contributed by atoms with Gasteiger partial charge in [0, 0.05) is 32.5 Å². The van der Waals surface area contributed by atoms with E-state index in [0.29, 0.717) is 31.2 Å². The second-order valence-electron chi connectivity index (χ2n) is 4.48. The highest BCUT2D eigenvalue weighted by Gasteiger charge is 2.11. The number of pyridine rings is 1. The molecule has 0 saturated heterocycles. The Balaban J connectivity index is 1.98. The van der Waals surface area contributed by atoms with Gasteiger partial charge >= 0.3 is 0 Å². The monoisotopic (exact) mass is 297 g/mol. The van der Waals surface area contributed by atoms with Crippen molar-refractivity contribution in [1.82, 2.24) is 15.1 Å². The van der Waals surface area contributed by atoms with Gasteiger partial charge < -0.3 is 15.2 Å². The van der Waals surface area contributed by atoms with E-state index in [1.165, 1.54) is 0 Å². The van der Waals surface area contributed by atoms with E-state index in [1.807, 2.05) is 6.92 Å². The fourth-order valence-corrected chi connectivity index (χ4v) is 1.69. The highest BCUT2D eigenvalue weighted by atomic mass is 19.1. The Morgan fingerprint density at radius 3 is 2.33 bits per heavy atom. The fraction of sp³-hybridized carbons (Fsp3) is 0.462. The van der Waals surface area contributed by atoms with Crippen LogP contribution in [0, 0.1) is 18.6 Å². The van der Waals surface area contributed by atoms with Gasteiger partial charge in [-0.1, -0.05) is 12.1 Å². The van der Waals surface area contributed by atoms with Crippen molar-refractivity contribution >= 4 is 11.6 Å². The minimum atomic E-state index is -0.737. The van der Waals surface area contributed by atoms with E-state index in [9.17, 15) is 8.78 Å². The van der Waals surface area contributed by atoms with E-state index in [0.717, 1.165) is 12.5 Å². The van der Waals surface area contributed by atoms with E-state index in [4.69, 9.17) is 4.52 Å². The lowest BCUT2D eigenvalue weighted by atomic mass is 10.3. The number of nitrogens with one attached hydrogen (secondary N) is 2. The predicted octanol–water partition coefficient (Wildman–Crippen LogP) is 2.53. The number of hydrogen-bond donors (Lipinski definition) is 2. The van der Waals surface area contributed by atoms with Crippen LogP contribution in [0.2, 0.25) is 0 Å². The molecule has 0 unspecified atom stereocenters. The Labute approximate surface area is 121 Å². The smallest absolute Gasteiger partial charge is 0.223 e. The summed E-state index contributed by atoms with van der Waals surface area (Å²) in [4.78, 5) is 7.94. The van der Waals surface area contributed by atoms with Gasteiger partial charge in [-0.3, -0.25) is 0 Å². The first-order valence-corrected chi connectivity index (χ1v) is 6.73. The number of aromatic nitrogens is 3. The molecule has 0 aromatic carbocycles. The Kier molecular flexibility index (Phi) is 5.02. The summed E-state index contributed by atoms with van der Waals surface area (Å²) in [6.45, 7) is 4.57. The second kappa shape index (κ2) is 6.96. The quantitative estimate of drug-likeness (QED) is 0.818. The summed E-state index contributed by atoms with van der Waals surface area (Å²) >= 11 is 0. The first kappa shape index (κ1) is 15.1. The zero-order chi connectivity index (χ0) is 15.2. The van der Waals surface area contributed by atoms with Crippen molar-refractivity contribution in [2.45, 2.75) is 26.7 Å². The summed E-state index contributed by atoms with van der Waals surface area (Å²) in [5.74, 6) is -0.417. The lowest BCUT2D eigenvalue weighted by molar-refractivity contribution is 0.387. The molecule has 6 nitrogen and oxygen atoms in total. The normalized spacial score (nSPS) is 10.7. The summed E-state index contributed by atoms with van der Waals surface area (Å²) in [5.41, 5.74) is 0. The zero-order valence-electron chi connectivity index (χ0n) is 11.9. The van der Waals surface area contributed by atoms with Crippen LogP contribution < -0.4 is 10.6 Å². The van der Waals surface area contributed by atoms with Gasteiger partial charge in [0.2, 0.25) is 5.89 Å². The maximum Gasteiger partial charge on any atom is 0.223 e. The molecule has 21 heavy (non-hydrogen) atoms. The molecule has 0 aliphatic heterocycles. The molecule has 114 valence electrons. The van der Waals surface area contributed by atoms with Gasteiger partial charge in [-0.05, 0) is 6.42 Å². The first-order valence-electron chi connectivity index (χ1n) is 6.73. The minimum Gasteiger partial charge on any atom is -0.368 e. The summed E-state index contributed by atoms with van der Waals surface area (Å²) in [7, 11) is 0. The van der Waals surface area contributed by atoms with Crippen LogP contribution in [0.4, 0.5) is 20.4 Å². The molecule has 2 aromatic heterocycles. The van der Waals surface area contributed by atoms with Crippen LogP contribution in [0.3, 0.4) is 0 Å². The molecule has 2 aromatic rings. The molecule has 0 saturated carbocycles. The molecule has 2 heterocycles. The van der Waals surface area contributed by atoms with Crippen LogP contribution in [0.25, 0.3) is 0 Å². The van der Waals surface area contributed by atoms with Crippen LogP contribution in [-0.2, 0) is 6.42 Å². The minimum absolute atomic E-state index is 0.00443. The van der Waals surface area contributed by atoms with Crippen molar-refractivity contribution in [2.24, 2.45) is 0 Å². The molecule has 0 aliphatic carbocycles. The van der Waals surface area contributed by atoms with Gasteiger partial charge in [-0.2, -0.15) is 4.98 Å². The molecular formula is C13H17F2N5O. The number of hydrogen-bond acceptors (Lipinski definition) is 6. The SMILES string of the molecule is CCCNc1nc(NCCc2noc(C)n2)c(F)cc1F. The highest BCUT2D eigenvalue weighted by molar-refractivity contribution is 5.47. The predicted molar refractivity (Wildman–Crippen MR) is 74.2 cm³/mol. The Morgan fingerprint density at radius 1 is 1.10 bits per heavy atom. The third kappa shape index (κ3) is 4.11. The fourth-order valence-electron chi connectivity index (χ4n) is 1.69. The topological polar surface area (TPSA) is 75.9 Å². The summed E-state index contributed by atoms with van der Waals surface area (Å²) in [6.07, 6.45) is 1.27. The van der Waals surface area contributed by atoms with E-state index in [-0.39, 0.29) is 11.6 Å². The molecule has 0 fully saturated rings. The average Bonchev–Trinajstić information content (AvgIpc) is 2.85. The van der Waals surface area contributed by atoms with Crippen LogP contribution in [-0.4, -0.2) is 28.2 Å². The molecule has 0 bridgehead atoms. The molecule has 0 aliphatic rings. The van der Waals surface area contributed by atoms with Crippen LogP contribution in [0.15, 0.2) is 10.6 Å². The number of nitrogens with zero attached hydrogens (tertiary/aromatic N) is 3. The Morgan fingerprint density at radius 2 is 1.76 bits per heavy atom. The van der Waals surface area contributed by atoms with Crippen molar-refractivity contribution in [1.29, 1.82) is 0 Å². The van der Waals surface area contributed by atoms with E-state index in [2.05, 4.69) is 25.8 Å². The van der Waals surface area contributed by atoms with Crippen molar-refractivity contribution < 1.29 is 13.3 Å². The van der Waals surface area contributed by atoms with Gasteiger partial charge in [0.1, 0.15) is 0 Å². The zero-order valence-corrected chi connectivity index (χ0v) is 11.9. The lowest BCUT2D eigenvalue weighted by Gasteiger charge is -2.10. The van der Waals surface area contributed by atoms with Crippen molar-refractivity contribution in [3.8, 4) is 0 Å². The standard InChI is InChI=1S/C13H17F2N5O/c1-3-5-16-12-9(14)7-10(15)13(19-12)17-6-4-11-18-8(2)21-20-11/h7H,3-6H2,1-2H3,(H2,16,17,19). The van der Waals surface area contributed by atoms with Crippen LogP contribution in [0.5, 0.6) is 0 Å². The first-order chi connectivity index (χ1) is 10.1. The van der Waals surface area contributed by atoms with Crippen molar-refractivity contribution in [3.05, 3.63) is 29.4 Å². The molecule has 2 rings (SSSR count). The van der Waals surface area contributed by atoms with Crippen molar-refractivity contribution in [3.63, 3.8) is 0 Å². The van der Waals surface area contributed by atoms with Gasteiger partial charge in [0.15, 0.2) is 29.1 Å². The average molecular weight is 297 g/mol. The van der Waals surface area contributed by atoms with Crippen LogP contribution in [0.1, 0.15) is 25.1 Å². The number of rotatable bonds is 7. The van der Waals surface area contributed by atoms with Crippen LogP contribution >= 0.6 is 0 Å². The van der Waals surface area contributed by atoms with Gasteiger partial charge in [0.05, 0.1) is 0 Å². The molecule has 0 radical (unpaired) electrons. The largest absolute Gasteiger partial charge is 0.368 e. The molecule has 0 spiro atoms. The molecule has 8 heteroatoms. The maximum atomic E-state index is 13.6. The summed E-state index contributed by atoms with van der Waals surface area (Å²) in [6, 6.07) is 0.811. The molecule has 0 amide bonds. The van der Waals surface area contributed by atoms with E-state index in [1.54, 1.807) is 6.92 Å². The third-order valence-corrected chi connectivity index (χ3v) is 2.68. The third-order valence-electron chi connectivity index (χ3n) is 2.68. The van der Waals surface area contributed by atoms with Crippen molar-refractivity contribution in [2.75, 3.05) is 23.7 Å². The highest BCUT2D eigenvalue weighted by Crippen LogP contribution is 2.19. The van der Waals surface area contributed by atoms with Gasteiger partial charge in [0.25, 0.3) is 0 Å². The summed E-state index contributed by atoms with van der Waals surface area (Å²) in [5, 5.41) is 9.34. The number of aryl methyl sites for hydroxylation is 1. The Hall–Kier alpha value is -2.25. The Bertz CT molecular complexity index is 602. The maximum absolute atomic E-state index is 13.6. The number of halogens is 2. The second-order valence-corrected chi connectivity index (χ2v) is 4.48. The molecule has 2 N–H and O–H groups in total. The van der Waals surface area contributed by atoms with E-state index >= 15 is 0 Å². The summed E-state index contributed by atoms with van der Waals surface area (Å²) < 4.78 is 32.0. The number of anilines is 2. The van der Waals surface area contributed by atoms with E-state index < -0.39 is 11.6 Å². The van der Waals surface area contributed by atoms with Gasteiger partial charge in [-0.25, -0.2) is 13.8 Å². The lowest BCUT2D eigenvalue weighted by Crippen LogP contribution is -2.12.